The molecule has 3 aromatic rings. The Labute approximate surface area is 213 Å². The molecule has 3 aromatic heterocycles. The third kappa shape index (κ3) is 4.97. The highest BCUT2D eigenvalue weighted by Gasteiger charge is 2.41. The van der Waals surface area contributed by atoms with E-state index in [1.54, 1.807) is 41.9 Å². The summed E-state index contributed by atoms with van der Waals surface area (Å²) in [6.07, 6.45) is 1.75. The van der Waals surface area contributed by atoms with Gasteiger partial charge in [0.1, 0.15) is 17.8 Å². The molecule has 0 atom stereocenters. The van der Waals surface area contributed by atoms with Crippen LogP contribution in [0.15, 0.2) is 41.7 Å². The highest BCUT2D eigenvalue weighted by molar-refractivity contribution is 7.89. The van der Waals surface area contributed by atoms with Gasteiger partial charge in [-0.05, 0) is 44.0 Å². The van der Waals surface area contributed by atoms with Crippen molar-refractivity contribution in [2.24, 2.45) is 0 Å². The molecular formula is C24H29F2N7O3S. The van der Waals surface area contributed by atoms with E-state index in [2.05, 4.69) is 14.7 Å². The molecule has 2 fully saturated rings. The first kappa shape index (κ1) is 25.3. The number of halogens is 2. The predicted molar refractivity (Wildman–Crippen MR) is 134 cm³/mol. The second kappa shape index (κ2) is 9.21. The van der Waals surface area contributed by atoms with E-state index in [9.17, 15) is 22.0 Å². The molecule has 1 saturated carbocycles. The maximum Gasteiger partial charge on any atom is 0.319 e. The van der Waals surface area contributed by atoms with Crippen LogP contribution in [0.5, 0.6) is 0 Å². The molecule has 0 bridgehead atoms. The Hall–Kier alpha value is -3.32. The maximum absolute atomic E-state index is 13.4. The summed E-state index contributed by atoms with van der Waals surface area (Å²) in [7, 11) is -0.434. The van der Waals surface area contributed by atoms with E-state index >= 15 is 0 Å². The Balaban J connectivity index is 1.56. The highest BCUT2D eigenvalue weighted by atomic mass is 32.2. The summed E-state index contributed by atoms with van der Waals surface area (Å²) < 4.78 is 57.3. The predicted octanol–water partition coefficient (Wildman–Crippen LogP) is 2.97. The summed E-state index contributed by atoms with van der Waals surface area (Å²) in [5.41, 5.74) is 0.642. The van der Waals surface area contributed by atoms with Crippen LogP contribution in [0.4, 0.5) is 19.4 Å². The first-order valence-corrected chi connectivity index (χ1v) is 13.5. The third-order valence-corrected chi connectivity index (χ3v) is 8.45. The molecule has 1 aliphatic heterocycles. The molecule has 4 heterocycles. The number of nitrogens with zero attached hydrogens (tertiary/aromatic N) is 6. The Bertz CT molecular complexity index is 1430. The van der Waals surface area contributed by atoms with Crippen molar-refractivity contribution in [1.82, 2.24) is 28.9 Å². The smallest absolute Gasteiger partial charge is 0.319 e. The van der Waals surface area contributed by atoms with Crippen LogP contribution in [0.3, 0.4) is 0 Å². The molecule has 10 nitrogen and oxygen atoms in total. The molecule has 0 spiro atoms. The molecule has 2 amide bonds. The first-order chi connectivity index (χ1) is 17.5. The lowest BCUT2D eigenvalue weighted by Crippen LogP contribution is -2.51. The molecule has 1 saturated heterocycles. The first-order valence-electron chi connectivity index (χ1n) is 12.0. The molecular weight excluding hydrogens is 504 g/mol. The molecule has 1 aliphatic carbocycles. The van der Waals surface area contributed by atoms with Crippen LogP contribution in [0.25, 0.3) is 16.8 Å². The standard InChI is InChI=1S/C24H29F2N7O3S/c1-24(6-7-24)29-37(35,36)17-12-19-21(16-4-5-18(22(25)26)27-14-16)28-15-33(19)20(13-17)31-8-10-32(11-9-31)23(34)30(2)3/h4-5,12-15,22,29H,6-11H2,1-3H3. The number of urea groups is 1. The number of anilines is 1. The molecule has 2 aliphatic rings. The summed E-state index contributed by atoms with van der Waals surface area (Å²) in [5, 5.41) is 0. The fourth-order valence-corrected chi connectivity index (χ4v) is 5.93. The number of carbonyl (C=O) groups is 1. The van der Waals surface area contributed by atoms with Crippen LogP contribution in [0, 0.1) is 0 Å². The number of alkyl halides is 2. The van der Waals surface area contributed by atoms with Crippen LogP contribution >= 0.6 is 0 Å². The summed E-state index contributed by atoms with van der Waals surface area (Å²) in [5.74, 6) is 0.617. The van der Waals surface area contributed by atoms with Crippen molar-refractivity contribution in [3.05, 3.63) is 42.5 Å². The number of hydrogen-bond donors (Lipinski definition) is 1. The Morgan fingerprint density at radius 3 is 2.38 bits per heavy atom. The summed E-state index contributed by atoms with van der Waals surface area (Å²) in [6, 6.07) is 5.84. The van der Waals surface area contributed by atoms with Crippen LogP contribution < -0.4 is 9.62 Å². The number of piperazine rings is 1. The monoisotopic (exact) mass is 533 g/mol. The van der Waals surface area contributed by atoms with Crippen molar-refractivity contribution in [2.75, 3.05) is 45.2 Å². The van der Waals surface area contributed by atoms with Crippen molar-refractivity contribution >= 4 is 27.4 Å². The number of pyridine rings is 2. The van der Waals surface area contributed by atoms with E-state index in [0.717, 1.165) is 12.8 Å². The van der Waals surface area contributed by atoms with Gasteiger partial charge in [0.25, 0.3) is 6.43 Å². The number of rotatable bonds is 6. The average molecular weight is 534 g/mol. The van der Waals surface area contributed by atoms with Gasteiger partial charge in [-0.2, -0.15) is 0 Å². The molecule has 0 radical (unpaired) electrons. The van der Waals surface area contributed by atoms with Gasteiger partial charge in [-0.15, -0.1) is 0 Å². The zero-order valence-electron chi connectivity index (χ0n) is 20.9. The SMILES string of the molecule is CN(C)C(=O)N1CCN(c2cc(S(=O)(=O)NC3(C)CC3)cc3c(-c4ccc(C(F)F)nc4)ncn23)CC1. The number of fused-ring (bicyclic) bond motifs is 1. The lowest BCUT2D eigenvalue weighted by molar-refractivity contribution is 0.146. The van der Waals surface area contributed by atoms with Gasteiger partial charge in [0.15, 0.2) is 0 Å². The Morgan fingerprint density at radius 2 is 1.81 bits per heavy atom. The number of imidazole rings is 1. The summed E-state index contributed by atoms with van der Waals surface area (Å²) in [4.78, 5) is 26.1. The average Bonchev–Trinajstić information content (AvgIpc) is 3.42. The number of sulfonamides is 1. The van der Waals surface area contributed by atoms with Crippen LogP contribution in [-0.2, 0) is 10.0 Å². The number of hydrogen-bond acceptors (Lipinski definition) is 6. The van der Waals surface area contributed by atoms with Crippen molar-refractivity contribution in [3.63, 3.8) is 0 Å². The zero-order chi connectivity index (χ0) is 26.5. The lowest BCUT2D eigenvalue weighted by Gasteiger charge is -2.37. The molecule has 1 N–H and O–H groups in total. The minimum atomic E-state index is -3.84. The minimum Gasteiger partial charge on any atom is -0.354 e. The van der Waals surface area contributed by atoms with E-state index in [4.69, 9.17) is 0 Å². The van der Waals surface area contributed by atoms with E-state index in [1.807, 2.05) is 11.8 Å². The van der Waals surface area contributed by atoms with E-state index in [-0.39, 0.29) is 16.6 Å². The number of carbonyl (C=O) groups excluding carboxylic acids is 1. The number of aromatic nitrogens is 3. The van der Waals surface area contributed by atoms with Crippen molar-refractivity contribution in [2.45, 2.75) is 36.6 Å². The van der Waals surface area contributed by atoms with Gasteiger partial charge in [-0.25, -0.2) is 31.7 Å². The topological polar surface area (TPSA) is 103 Å². The normalized spacial score (nSPS) is 17.5. The fourth-order valence-electron chi connectivity index (χ4n) is 4.43. The summed E-state index contributed by atoms with van der Waals surface area (Å²) in [6.45, 7) is 3.83. The molecule has 198 valence electrons. The number of amides is 2. The van der Waals surface area contributed by atoms with Gasteiger partial charge < -0.3 is 14.7 Å². The molecule has 13 heteroatoms. The molecule has 5 rings (SSSR count). The summed E-state index contributed by atoms with van der Waals surface area (Å²) >= 11 is 0. The van der Waals surface area contributed by atoms with Gasteiger partial charge >= 0.3 is 6.03 Å². The number of nitrogens with one attached hydrogen (secondary N) is 1. The van der Waals surface area contributed by atoms with Crippen molar-refractivity contribution in [1.29, 1.82) is 0 Å². The zero-order valence-corrected chi connectivity index (χ0v) is 21.7. The van der Waals surface area contributed by atoms with Gasteiger partial charge in [0.05, 0.1) is 16.1 Å². The molecule has 0 aromatic carbocycles. The second-order valence-corrected chi connectivity index (χ2v) is 11.7. The third-order valence-electron chi connectivity index (χ3n) is 6.83. The fraction of sp³-hybridized carbons (Fsp3) is 0.458. The van der Waals surface area contributed by atoms with Crippen LogP contribution in [-0.4, -0.2) is 84.4 Å². The van der Waals surface area contributed by atoms with Gasteiger partial charge in [0.2, 0.25) is 10.0 Å². The van der Waals surface area contributed by atoms with Crippen molar-refractivity contribution in [3.8, 4) is 11.3 Å². The van der Waals surface area contributed by atoms with E-state index in [1.165, 1.54) is 23.2 Å². The molecule has 0 unspecified atom stereocenters. The van der Waals surface area contributed by atoms with Gasteiger partial charge in [0, 0.05) is 57.6 Å². The largest absolute Gasteiger partial charge is 0.354 e. The van der Waals surface area contributed by atoms with E-state index < -0.39 is 22.0 Å². The minimum absolute atomic E-state index is 0.0762. The van der Waals surface area contributed by atoms with E-state index in [0.29, 0.717) is 48.8 Å². The molecule has 37 heavy (non-hydrogen) atoms. The van der Waals surface area contributed by atoms with Crippen LogP contribution in [0.2, 0.25) is 0 Å². The quantitative estimate of drug-likeness (QED) is 0.523. The van der Waals surface area contributed by atoms with Crippen LogP contribution in [0.1, 0.15) is 31.9 Å². The second-order valence-electron chi connectivity index (χ2n) is 9.99. The van der Waals surface area contributed by atoms with Crippen molar-refractivity contribution < 1.29 is 22.0 Å². The highest BCUT2D eigenvalue weighted by Crippen LogP contribution is 2.37. The van der Waals surface area contributed by atoms with Gasteiger partial charge in [-0.1, -0.05) is 0 Å². The Kier molecular flexibility index (Phi) is 6.31. The lowest BCUT2D eigenvalue weighted by atomic mass is 10.1. The maximum atomic E-state index is 13.4. The van der Waals surface area contributed by atoms with Gasteiger partial charge in [-0.3, -0.25) is 9.38 Å². The Morgan fingerprint density at radius 1 is 1.11 bits per heavy atom.